The number of amides is 1. The van der Waals surface area contributed by atoms with E-state index in [2.05, 4.69) is 5.32 Å². The normalized spacial score (nSPS) is 15.5. The van der Waals surface area contributed by atoms with Gasteiger partial charge < -0.3 is 31.0 Å². The lowest BCUT2D eigenvalue weighted by molar-refractivity contribution is -0.136. The molecule has 1 aromatic carbocycles. The number of ether oxygens (including phenoxy) is 3. The Labute approximate surface area is 166 Å². The molecule has 1 aromatic heterocycles. The molecule has 9 heteroatoms. The van der Waals surface area contributed by atoms with Crippen LogP contribution < -0.4 is 26.3 Å². The van der Waals surface area contributed by atoms with Crippen molar-refractivity contribution in [3.8, 4) is 11.5 Å². The summed E-state index contributed by atoms with van der Waals surface area (Å²) in [5, 5.41) is 3.81. The summed E-state index contributed by atoms with van der Waals surface area (Å²) < 4.78 is 15.7. The average molecular weight is 403 g/mol. The van der Waals surface area contributed by atoms with Gasteiger partial charge in [0, 0.05) is 17.2 Å². The molecule has 0 aliphatic carbocycles. The molecule has 5 N–H and O–H groups in total. The summed E-state index contributed by atoms with van der Waals surface area (Å²) in [6, 6.07) is 5.34. The first-order valence-corrected chi connectivity index (χ1v) is 9.15. The fraction of sp³-hybridized carbons (Fsp3) is 0.263. The lowest BCUT2D eigenvalue weighted by Crippen LogP contribution is -2.23. The molecule has 0 saturated heterocycles. The van der Waals surface area contributed by atoms with Crippen LogP contribution in [0.25, 0.3) is 0 Å². The minimum atomic E-state index is -0.623. The number of hydrogen-bond acceptors (Lipinski definition) is 8. The van der Waals surface area contributed by atoms with Crippen LogP contribution >= 0.6 is 11.3 Å². The van der Waals surface area contributed by atoms with Gasteiger partial charge in [-0.3, -0.25) is 4.79 Å². The van der Waals surface area contributed by atoms with Crippen LogP contribution in [0.5, 0.6) is 11.5 Å². The zero-order chi connectivity index (χ0) is 20.6. The number of nitrogens with two attached hydrogens (primary N) is 2. The fourth-order valence-corrected chi connectivity index (χ4v) is 4.43. The predicted octanol–water partition coefficient (Wildman–Crippen LogP) is 2.45. The molecule has 1 aliphatic rings. The number of primary amides is 1. The van der Waals surface area contributed by atoms with Crippen LogP contribution in [0.1, 0.15) is 33.6 Å². The van der Waals surface area contributed by atoms with Gasteiger partial charge >= 0.3 is 5.97 Å². The Bertz CT molecular complexity index is 996. The third-order valence-electron chi connectivity index (χ3n) is 4.64. The second-order valence-electron chi connectivity index (χ2n) is 6.15. The molecular formula is C19H21N3O5S. The van der Waals surface area contributed by atoms with E-state index in [1.54, 1.807) is 26.2 Å². The van der Waals surface area contributed by atoms with E-state index in [4.69, 9.17) is 25.7 Å². The summed E-state index contributed by atoms with van der Waals surface area (Å²) >= 11 is 1.16. The molecule has 0 unspecified atom stereocenters. The van der Waals surface area contributed by atoms with Crippen LogP contribution in [0.2, 0.25) is 0 Å². The fourth-order valence-electron chi connectivity index (χ4n) is 3.36. The molecule has 3 rings (SSSR count). The number of carbonyl (C=O) groups is 2. The second-order valence-corrected chi connectivity index (χ2v) is 7.18. The number of fused-ring (bicyclic) bond motifs is 1. The van der Waals surface area contributed by atoms with Crippen LogP contribution in [-0.4, -0.2) is 33.2 Å². The maximum atomic E-state index is 12.6. The van der Waals surface area contributed by atoms with Crippen LogP contribution in [0, 0.1) is 0 Å². The average Bonchev–Trinajstić information content (AvgIpc) is 3.02. The SMILES string of the molecule is COC(=O)C1=C(C)Nc2sc(C(N)=O)c(N)c2[C@@H]1c1ccc(OC)c(OC)c1. The summed E-state index contributed by atoms with van der Waals surface area (Å²) in [6.07, 6.45) is 0. The molecule has 2 aromatic rings. The first-order chi connectivity index (χ1) is 13.3. The predicted molar refractivity (Wildman–Crippen MR) is 107 cm³/mol. The maximum absolute atomic E-state index is 12.6. The Morgan fingerprint density at radius 2 is 1.82 bits per heavy atom. The van der Waals surface area contributed by atoms with Crippen molar-refractivity contribution in [3.63, 3.8) is 0 Å². The summed E-state index contributed by atoms with van der Waals surface area (Å²) in [5.74, 6) is -0.626. The van der Waals surface area contributed by atoms with Crippen molar-refractivity contribution < 1.29 is 23.8 Å². The number of nitrogens with one attached hydrogen (secondary N) is 1. The highest BCUT2D eigenvalue weighted by molar-refractivity contribution is 7.19. The zero-order valence-corrected chi connectivity index (χ0v) is 16.7. The van der Waals surface area contributed by atoms with Crippen molar-refractivity contribution in [2.75, 3.05) is 32.4 Å². The smallest absolute Gasteiger partial charge is 0.336 e. The molecule has 148 valence electrons. The third kappa shape index (κ3) is 3.03. The zero-order valence-electron chi connectivity index (χ0n) is 15.9. The molecule has 1 aliphatic heterocycles. The van der Waals surface area contributed by atoms with Crippen LogP contribution in [0.4, 0.5) is 10.7 Å². The lowest BCUT2D eigenvalue weighted by atomic mass is 9.81. The van der Waals surface area contributed by atoms with Gasteiger partial charge in [0.15, 0.2) is 11.5 Å². The van der Waals surface area contributed by atoms with E-state index in [9.17, 15) is 9.59 Å². The quantitative estimate of drug-likeness (QED) is 0.655. The lowest BCUT2D eigenvalue weighted by Gasteiger charge is -2.28. The van der Waals surface area contributed by atoms with Gasteiger partial charge in [0.2, 0.25) is 0 Å². The van der Waals surface area contributed by atoms with E-state index in [1.165, 1.54) is 14.2 Å². The van der Waals surface area contributed by atoms with Crippen molar-refractivity contribution in [1.82, 2.24) is 0 Å². The monoisotopic (exact) mass is 403 g/mol. The number of methoxy groups -OCH3 is 3. The minimum absolute atomic E-state index is 0.238. The highest BCUT2D eigenvalue weighted by Crippen LogP contribution is 2.50. The Balaban J connectivity index is 2.29. The summed E-state index contributed by atoms with van der Waals surface area (Å²) in [4.78, 5) is 24.6. The number of esters is 1. The van der Waals surface area contributed by atoms with E-state index in [1.807, 2.05) is 6.07 Å². The molecule has 0 fully saturated rings. The molecule has 1 amide bonds. The van der Waals surface area contributed by atoms with Gasteiger partial charge in [-0.05, 0) is 24.6 Å². The van der Waals surface area contributed by atoms with Crippen molar-refractivity contribution in [2.45, 2.75) is 12.8 Å². The topological polar surface area (TPSA) is 126 Å². The third-order valence-corrected chi connectivity index (χ3v) is 5.79. The molecule has 0 spiro atoms. The maximum Gasteiger partial charge on any atom is 0.336 e. The molecule has 0 radical (unpaired) electrons. The molecular weight excluding hydrogens is 382 g/mol. The van der Waals surface area contributed by atoms with E-state index in [0.29, 0.717) is 33.3 Å². The molecule has 28 heavy (non-hydrogen) atoms. The first-order valence-electron chi connectivity index (χ1n) is 8.34. The van der Waals surface area contributed by atoms with Crippen molar-refractivity contribution in [1.29, 1.82) is 0 Å². The molecule has 1 atom stereocenters. The number of benzene rings is 1. The molecule has 0 saturated carbocycles. The number of anilines is 2. The number of rotatable bonds is 5. The van der Waals surface area contributed by atoms with Crippen molar-refractivity contribution >= 4 is 33.9 Å². The number of thiophene rings is 1. The molecule has 8 nitrogen and oxygen atoms in total. The van der Waals surface area contributed by atoms with Crippen LogP contribution in [-0.2, 0) is 9.53 Å². The van der Waals surface area contributed by atoms with Gasteiger partial charge in [-0.2, -0.15) is 0 Å². The summed E-state index contributed by atoms with van der Waals surface area (Å²) in [6.45, 7) is 1.77. The van der Waals surface area contributed by atoms with Gasteiger partial charge in [-0.1, -0.05) is 6.07 Å². The minimum Gasteiger partial charge on any atom is -0.493 e. The number of nitrogen functional groups attached to an aromatic ring is 1. The summed E-state index contributed by atoms with van der Waals surface area (Å²) in [5.41, 5.74) is 14.3. The Morgan fingerprint density at radius 3 is 2.39 bits per heavy atom. The first kappa shape index (κ1) is 19.6. The Hall–Kier alpha value is -3.20. The largest absolute Gasteiger partial charge is 0.493 e. The van der Waals surface area contributed by atoms with Gasteiger partial charge in [0.05, 0.1) is 37.6 Å². The highest BCUT2D eigenvalue weighted by Gasteiger charge is 2.37. The second kappa shape index (κ2) is 7.43. The number of carbonyl (C=O) groups excluding carboxylic acids is 2. The van der Waals surface area contributed by atoms with E-state index >= 15 is 0 Å². The van der Waals surface area contributed by atoms with E-state index in [-0.39, 0.29) is 10.6 Å². The highest BCUT2D eigenvalue weighted by atomic mass is 32.1. The van der Waals surface area contributed by atoms with E-state index < -0.39 is 17.8 Å². The summed E-state index contributed by atoms with van der Waals surface area (Å²) in [7, 11) is 4.39. The standard InChI is InChI=1S/C19H21N3O5S/c1-8-12(19(24)27-4)13(9-5-6-10(25-2)11(7-9)26-3)14-15(20)16(17(21)23)28-18(14)22-8/h5-7,13,22H,20H2,1-4H3,(H2,21,23)/t13-/m1/s1. The van der Waals surface area contributed by atoms with Crippen LogP contribution in [0.15, 0.2) is 29.5 Å². The Kier molecular flexibility index (Phi) is 5.19. The van der Waals surface area contributed by atoms with Gasteiger partial charge in [0.25, 0.3) is 5.91 Å². The number of hydrogen-bond donors (Lipinski definition) is 3. The molecule has 2 heterocycles. The Morgan fingerprint density at radius 1 is 1.14 bits per heavy atom. The van der Waals surface area contributed by atoms with Crippen LogP contribution in [0.3, 0.4) is 0 Å². The van der Waals surface area contributed by atoms with Gasteiger partial charge in [-0.15, -0.1) is 11.3 Å². The van der Waals surface area contributed by atoms with Crippen molar-refractivity contribution in [3.05, 3.63) is 45.5 Å². The van der Waals surface area contributed by atoms with Gasteiger partial charge in [-0.25, -0.2) is 4.79 Å². The number of allylic oxidation sites excluding steroid dienone is 1. The van der Waals surface area contributed by atoms with Crippen molar-refractivity contribution in [2.24, 2.45) is 5.73 Å². The van der Waals surface area contributed by atoms with E-state index in [0.717, 1.165) is 16.9 Å². The van der Waals surface area contributed by atoms with Gasteiger partial charge in [0.1, 0.15) is 4.88 Å². The molecule has 0 bridgehead atoms.